The van der Waals surface area contributed by atoms with Gasteiger partial charge in [0.25, 0.3) is 0 Å². The number of nitrogens with zero attached hydrogens (tertiary/aromatic N) is 2. The fourth-order valence-corrected chi connectivity index (χ4v) is 1.75. The Kier molecular flexibility index (Phi) is 2.97. The highest BCUT2D eigenvalue weighted by Gasteiger charge is 2.19. The van der Waals surface area contributed by atoms with Crippen LogP contribution in [0.4, 0.5) is 4.39 Å². The number of hydrogen-bond donors (Lipinski definition) is 1. The molecule has 0 radical (unpaired) electrons. The molecular weight excluding hydrogens is 193 g/mol. The van der Waals surface area contributed by atoms with Crippen molar-refractivity contribution in [3.8, 4) is 0 Å². The van der Waals surface area contributed by atoms with Crippen molar-refractivity contribution in [3.63, 3.8) is 0 Å². The Labute approximate surface area is 88.4 Å². The first-order valence-corrected chi connectivity index (χ1v) is 5.07. The fraction of sp³-hybridized carbons (Fsp3) is 0.364. The third kappa shape index (κ3) is 1.99. The molecule has 2 N–H and O–H groups in total. The number of hydrogen-bond acceptors (Lipinski definition) is 3. The van der Waals surface area contributed by atoms with Gasteiger partial charge in [0.1, 0.15) is 11.7 Å². The molecule has 0 atom stereocenters. The number of amidine groups is 1. The summed E-state index contributed by atoms with van der Waals surface area (Å²) < 4.78 is 13.5. The number of halogens is 1. The second kappa shape index (κ2) is 4.40. The van der Waals surface area contributed by atoms with Crippen molar-refractivity contribution in [3.05, 3.63) is 35.6 Å². The largest absolute Gasteiger partial charge is 0.353 e. The number of nitrogens with two attached hydrogens (primary N) is 1. The molecule has 0 amide bonds. The summed E-state index contributed by atoms with van der Waals surface area (Å²) in [5.41, 5.74) is 6.07. The Balaban J connectivity index is 2.27. The van der Waals surface area contributed by atoms with Crippen LogP contribution in [0.15, 0.2) is 29.3 Å². The maximum Gasteiger partial charge on any atom is 0.134 e. The van der Waals surface area contributed by atoms with Gasteiger partial charge in [0.2, 0.25) is 0 Å². The maximum atomic E-state index is 13.5. The zero-order chi connectivity index (χ0) is 10.7. The first-order valence-electron chi connectivity index (χ1n) is 5.07. The first-order chi connectivity index (χ1) is 7.33. The van der Waals surface area contributed by atoms with Crippen LogP contribution in [0.2, 0.25) is 0 Å². The highest BCUT2D eigenvalue weighted by atomic mass is 19.1. The van der Waals surface area contributed by atoms with Crippen molar-refractivity contribution in [2.75, 3.05) is 26.2 Å². The summed E-state index contributed by atoms with van der Waals surface area (Å²) in [6, 6.07) is 6.71. The minimum absolute atomic E-state index is 0.222. The van der Waals surface area contributed by atoms with E-state index in [9.17, 15) is 4.39 Å². The molecule has 0 saturated heterocycles. The molecule has 4 heteroatoms. The highest BCUT2D eigenvalue weighted by Crippen LogP contribution is 2.14. The lowest BCUT2D eigenvalue weighted by atomic mass is 10.2. The second-order valence-corrected chi connectivity index (χ2v) is 3.46. The van der Waals surface area contributed by atoms with Crippen LogP contribution in [0.25, 0.3) is 0 Å². The van der Waals surface area contributed by atoms with Gasteiger partial charge in [-0.2, -0.15) is 0 Å². The summed E-state index contributed by atoms with van der Waals surface area (Å²) in [4.78, 5) is 6.34. The second-order valence-electron chi connectivity index (χ2n) is 3.46. The average molecular weight is 207 g/mol. The molecule has 0 spiro atoms. The Bertz CT molecular complexity index is 376. The number of rotatable bonds is 3. The highest BCUT2D eigenvalue weighted by molar-refractivity contribution is 5.99. The van der Waals surface area contributed by atoms with E-state index in [4.69, 9.17) is 5.73 Å². The zero-order valence-corrected chi connectivity index (χ0v) is 8.49. The van der Waals surface area contributed by atoms with Crippen molar-refractivity contribution >= 4 is 5.84 Å². The lowest BCUT2D eigenvalue weighted by molar-refractivity contribution is 0.466. The SMILES string of the molecule is NCCN1CCN=C1c1ccccc1F. The maximum absolute atomic E-state index is 13.5. The molecule has 15 heavy (non-hydrogen) atoms. The Hall–Kier alpha value is -1.42. The van der Waals surface area contributed by atoms with Gasteiger partial charge in [-0.15, -0.1) is 0 Å². The van der Waals surface area contributed by atoms with E-state index in [-0.39, 0.29) is 5.82 Å². The quantitative estimate of drug-likeness (QED) is 0.798. The lowest BCUT2D eigenvalue weighted by Gasteiger charge is -2.19. The van der Waals surface area contributed by atoms with Gasteiger partial charge in [0.15, 0.2) is 0 Å². The van der Waals surface area contributed by atoms with Gasteiger partial charge in [0.05, 0.1) is 12.1 Å². The third-order valence-electron chi connectivity index (χ3n) is 2.44. The molecule has 0 unspecified atom stereocenters. The molecule has 0 saturated carbocycles. The molecular formula is C11H14FN3. The van der Waals surface area contributed by atoms with Crippen LogP contribution in [0.5, 0.6) is 0 Å². The van der Waals surface area contributed by atoms with Gasteiger partial charge in [-0.25, -0.2) is 4.39 Å². The molecule has 1 aromatic carbocycles. The first kappa shape index (κ1) is 10.1. The molecule has 0 aliphatic carbocycles. The van der Waals surface area contributed by atoms with E-state index in [0.29, 0.717) is 12.1 Å². The predicted molar refractivity (Wildman–Crippen MR) is 58.4 cm³/mol. The summed E-state index contributed by atoms with van der Waals surface area (Å²) in [5.74, 6) is 0.513. The van der Waals surface area contributed by atoms with Crippen molar-refractivity contribution < 1.29 is 4.39 Å². The van der Waals surface area contributed by atoms with E-state index in [2.05, 4.69) is 4.99 Å². The van der Waals surface area contributed by atoms with E-state index < -0.39 is 0 Å². The van der Waals surface area contributed by atoms with Crippen LogP contribution in [0.1, 0.15) is 5.56 Å². The van der Waals surface area contributed by atoms with Crippen molar-refractivity contribution in [1.29, 1.82) is 0 Å². The van der Waals surface area contributed by atoms with Gasteiger partial charge < -0.3 is 10.6 Å². The van der Waals surface area contributed by atoms with Crippen LogP contribution in [-0.2, 0) is 0 Å². The van der Waals surface area contributed by atoms with Gasteiger partial charge in [-0.1, -0.05) is 12.1 Å². The van der Waals surface area contributed by atoms with E-state index in [1.54, 1.807) is 12.1 Å². The molecule has 1 heterocycles. The standard InChI is InChI=1S/C11H14FN3/c12-10-4-2-1-3-9(10)11-14-6-8-15(11)7-5-13/h1-4H,5-8,13H2. The molecule has 1 aromatic rings. The number of benzene rings is 1. The van der Waals surface area contributed by atoms with Gasteiger partial charge in [-0.3, -0.25) is 4.99 Å². The fourth-order valence-electron chi connectivity index (χ4n) is 1.75. The summed E-state index contributed by atoms with van der Waals surface area (Å²) in [6.07, 6.45) is 0. The summed E-state index contributed by atoms with van der Waals surface area (Å²) in [5, 5.41) is 0. The van der Waals surface area contributed by atoms with Crippen molar-refractivity contribution in [1.82, 2.24) is 4.90 Å². The molecule has 1 aliphatic rings. The van der Waals surface area contributed by atoms with E-state index in [0.717, 1.165) is 25.5 Å². The Morgan fingerprint density at radius 1 is 1.40 bits per heavy atom. The van der Waals surface area contributed by atoms with Crippen molar-refractivity contribution in [2.45, 2.75) is 0 Å². The zero-order valence-electron chi connectivity index (χ0n) is 8.49. The molecule has 2 rings (SSSR count). The van der Waals surface area contributed by atoms with Crippen LogP contribution >= 0.6 is 0 Å². The molecule has 3 nitrogen and oxygen atoms in total. The smallest absolute Gasteiger partial charge is 0.134 e. The van der Waals surface area contributed by atoms with Gasteiger partial charge >= 0.3 is 0 Å². The van der Waals surface area contributed by atoms with Gasteiger partial charge in [0, 0.05) is 19.6 Å². The minimum Gasteiger partial charge on any atom is -0.353 e. The molecule has 80 valence electrons. The number of aliphatic imine (C=N–C) groups is 1. The van der Waals surface area contributed by atoms with Crippen LogP contribution in [0.3, 0.4) is 0 Å². The molecule has 0 bridgehead atoms. The summed E-state index contributed by atoms with van der Waals surface area (Å²) >= 11 is 0. The summed E-state index contributed by atoms with van der Waals surface area (Å²) in [7, 11) is 0. The van der Waals surface area contributed by atoms with Crippen LogP contribution < -0.4 is 5.73 Å². The monoisotopic (exact) mass is 207 g/mol. The summed E-state index contributed by atoms with van der Waals surface area (Å²) in [6.45, 7) is 2.85. The lowest BCUT2D eigenvalue weighted by Crippen LogP contribution is -2.33. The topological polar surface area (TPSA) is 41.6 Å². The van der Waals surface area contributed by atoms with Gasteiger partial charge in [-0.05, 0) is 12.1 Å². The Morgan fingerprint density at radius 2 is 2.20 bits per heavy atom. The van der Waals surface area contributed by atoms with Crippen molar-refractivity contribution in [2.24, 2.45) is 10.7 Å². The average Bonchev–Trinajstić information content (AvgIpc) is 2.67. The molecule has 1 aliphatic heterocycles. The molecule has 0 fully saturated rings. The van der Waals surface area contributed by atoms with E-state index in [1.807, 2.05) is 11.0 Å². The minimum atomic E-state index is -0.222. The van der Waals surface area contributed by atoms with Crippen LogP contribution in [-0.4, -0.2) is 36.9 Å². The van der Waals surface area contributed by atoms with Crippen LogP contribution in [0, 0.1) is 5.82 Å². The normalized spacial score (nSPS) is 15.6. The predicted octanol–water partition coefficient (Wildman–Crippen LogP) is 0.847. The Morgan fingerprint density at radius 3 is 2.93 bits per heavy atom. The van der Waals surface area contributed by atoms with E-state index >= 15 is 0 Å². The molecule has 0 aromatic heterocycles. The van der Waals surface area contributed by atoms with E-state index in [1.165, 1.54) is 6.07 Å². The third-order valence-corrected chi connectivity index (χ3v) is 2.44.